The van der Waals surface area contributed by atoms with Crippen LogP contribution in [0, 0.1) is 0 Å². The van der Waals surface area contributed by atoms with E-state index in [1.165, 1.54) is 88.2 Å². The van der Waals surface area contributed by atoms with Gasteiger partial charge in [0.1, 0.15) is 11.2 Å². The molecule has 0 radical (unpaired) electrons. The van der Waals surface area contributed by atoms with Crippen molar-refractivity contribution in [2.45, 2.75) is 5.41 Å². The van der Waals surface area contributed by atoms with Gasteiger partial charge < -0.3 is 13.9 Å². The molecule has 74 heavy (non-hydrogen) atoms. The summed E-state index contributed by atoms with van der Waals surface area (Å²) < 4.78 is 8.72. The average Bonchev–Trinajstić information content (AvgIpc) is 4.19. The lowest BCUT2D eigenvalue weighted by Crippen LogP contribution is -2.28. The predicted molar refractivity (Wildman–Crippen MR) is 308 cm³/mol. The number of fused-ring (bicyclic) bond motifs is 10. The molecule has 0 saturated heterocycles. The molecule has 0 fully saturated rings. The topological polar surface area (TPSA) is 21.3 Å². The van der Waals surface area contributed by atoms with E-state index in [2.05, 4.69) is 276 Å². The third-order valence-corrected chi connectivity index (χ3v) is 15.6. The van der Waals surface area contributed by atoms with Crippen molar-refractivity contribution < 1.29 is 4.42 Å². The minimum absolute atomic E-state index is 0.500. The van der Waals surface area contributed by atoms with Crippen molar-refractivity contribution in [2.24, 2.45) is 0 Å². The summed E-state index contributed by atoms with van der Waals surface area (Å²) in [6.45, 7) is 0. The number of furan rings is 1. The fourth-order valence-electron chi connectivity index (χ4n) is 12.3. The summed E-state index contributed by atoms with van der Waals surface area (Å²) in [4.78, 5) is 2.36. The van der Waals surface area contributed by atoms with Gasteiger partial charge in [0, 0.05) is 44.3 Å². The molecule has 12 aromatic carbocycles. The fourth-order valence-corrected chi connectivity index (χ4v) is 12.3. The Hall–Kier alpha value is -9.70. The van der Waals surface area contributed by atoms with E-state index in [-0.39, 0.29) is 0 Å². The highest BCUT2D eigenvalue weighted by atomic mass is 16.3. The van der Waals surface area contributed by atoms with Crippen LogP contribution in [0.2, 0.25) is 0 Å². The van der Waals surface area contributed by atoms with Crippen LogP contribution in [0.25, 0.3) is 93.6 Å². The molecule has 14 aromatic rings. The summed E-state index contributed by atoms with van der Waals surface area (Å²) in [7, 11) is 0. The van der Waals surface area contributed by atoms with Crippen LogP contribution < -0.4 is 4.90 Å². The molecule has 15 rings (SSSR count). The number of nitrogens with zero attached hydrogens (tertiary/aromatic N) is 2. The van der Waals surface area contributed by atoms with Crippen LogP contribution in [0.15, 0.2) is 283 Å². The first kappa shape index (κ1) is 42.0. The van der Waals surface area contributed by atoms with Crippen LogP contribution in [0.5, 0.6) is 0 Å². The Morgan fingerprint density at radius 1 is 0.311 bits per heavy atom. The quantitative estimate of drug-likeness (QED) is 0.151. The molecule has 0 saturated carbocycles. The van der Waals surface area contributed by atoms with Crippen LogP contribution in [-0.2, 0) is 5.41 Å². The third-order valence-electron chi connectivity index (χ3n) is 15.6. The van der Waals surface area contributed by atoms with Gasteiger partial charge in [0.2, 0.25) is 0 Å². The van der Waals surface area contributed by atoms with Crippen molar-refractivity contribution >= 4 is 71.6 Å². The van der Waals surface area contributed by atoms with E-state index in [4.69, 9.17) is 4.42 Å². The van der Waals surface area contributed by atoms with E-state index >= 15 is 0 Å². The number of anilines is 3. The Kier molecular flexibility index (Phi) is 9.48. The predicted octanol–water partition coefficient (Wildman–Crippen LogP) is 19.0. The number of rotatable bonds is 8. The lowest BCUT2D eigenvalue weighted by atomic mass is 9.67. The molecular weight excluding hydrogens is 897 g/mol. The van der Waals surface area contributed by atoms with Crippen molar-refractivity contribution in [1.82, 2.24) is 4.57 Å². The van der Waals surface area contributed by atoms with Crippen molar-refractivity contribution in [3.63, 3.8) is 0 Å². The van der Waals surface area contributed by atoms with Gasteiger partial charge in [0.25, 0.3) is 0 Å². The van der Waals surface area contributed by atoms with Gasteiger partial charge in [0.05, 0.1) is 16.4 Å². The monoisotopic (exact) mass is 942 g/mol. The van der Waals surface area contributed by atoms with Crippen molar-refractivity contribution in [3.05, 3.63) is 301 Å². The molecular formula is C71H46N2O. The van der Waals surface area contributed by atoms with Gasteiger partial charge in [0.15, 0.2) is 0 Å². The Labute approximate surface area is 429 Å². The average molecular weight is 943 g/mol. The summed E-state index contributed by atoms with van der Waals surface area (Å²) in [6.07, 6.45) is 0. The van der Waals surface area contributed by atoms with Crippen LogP contribution in [-0.4, -0.2) is 4.57 Å². The maximum Gasteiger partial charge on any atom is 0.135 e. The lowest BCUT2D eigenvalue weighted by Gasteiger charge is -2.34. The fraction of sp³-hybridized carbons (Fsp3) is 0.0141. The van der Waals surface area contributed by atoms with Gasteiger partial charge in [-0.25, -0.2) is 0 Å². The highest BCUT2D eigenvalue weighted by Crippen LogP contribution is 2.56. The van der Waals surface area contributed by atoms with Crippen molar-refractivity contribution in [3.8, 4) is 39.1 Å². The Bertz CT molecular complexity index is 4430. The standard InChI is InChI=1S/C71H46N2O/c1-4-16-47(17-5-1)48-30-35-56(36-31-48)72(58-38-41-70-64(46-58)61-24-12-15-27-69(61)74-70)57-37-32-50-42-49(28-29-51(50)43-57)52-33-39-67-62(44-52)63-45-54(34-40-68(63)73(67)55-20-8-3-9-21-55)71(53-18-6-2-7-19-53)65-25-13-10-22-59(65)60-23-11-14-26-66(60)71/h1-46H. The molecule has 1 aliphatic carbocycles. The molecule has 0 N–H and O–H groups in total. The van der Waals surface area contributed by atoms with Crippen LogP contribution in [0.1, 0.15) is 22.3 Å². The van der Waals surface area contributed by atoms with E-state index in [0.29, 0.717) is 0 Å². The zero-order valence-electron chi connectivity index (χ0n) is 40.4. The lowest BCUT2D eigenvalue weighted by molar-refractivity contribution is 0.669. The highest BCUT2D eigenvalue weighted by molar-refractivity contribution is 6.12. The molecule has 3 nitrogen and oxygen atoms in total. The molecule has 346 valence electrons. The van der Waals surface area contributed by atoms with Crippen LogP contribution in [0.4, 0.5) is 17.1 Å². The van der Waals surface area contributed by atoms with Crippen molar-refractivity contribution in [2.75, 3.05) is 4.90 Å². The number of para-hydroxylation sites is 2. The SMILES string of the molecule is c1ccc(-c2ccc(N(c3ccc4cc(-c5ccc6c(c5)c5cc(C7(c8ccccc8)c8ccccc8-c8ccccc87)ccc5n6-c5ccccc5)ccc4c3)c3ccc4oc5ccccc5c4c3)cc2)cc1. The molecule has 2 aromatic heterocycles. The minimum atomic E-state index is -0.500. The Morgan fingerprint density at radius 2 is 0.838 bits per heavy atom. The first-order chi connectivity index (χ1) is 36.7. The highest BCUT2D eigenvalue weighted by Gasteiger charge is 2.46. The molecule has 0 atom stereocenters. The largest absolute Gasteiger partial charge is 0.456 e. The number of hydrogen-bond donors (Lipinski definition) is 0. The van der Waals surface area contributed by atoms with Gasteiger partial charge in [-0.1, -0.05) is 188 Å². The number of aromatic nitrogens is 1. The summed E-state index contributed by atoms with van der Waals surface area (Å²) >= 11 is 0. The Balaban J connectivity index is 0.871. The molecule has 3 heteroatoms. The van der Waals surface area contributed by atoms with Crippen LogP contribution in [0.3, 0.4) is 0 Å². The summed E-state index contributed by atoms with van der Waals surface area (Å²) in [5.41, 5.74) is 20.5. The smallest absolute Gasteiger partial charge is 0.135 e. The van der Waals surface area contributed by atoms with E-state index in [0.717, 1.165) is 44.7 Å². The third kappa shape index (κ3) is 6.46. The number of hydrogen-bond acceptors (Lipinski definition) is 2. The second kappa shape index (κ2) is 16.7. The molecule has 0 unspecified atom stereocenters. The van der Waals surface area contributed by atoms with Gasteiger partial charge in [-0.15, -0.1) is 0 Å². The van der Waals surface area contributed by atoms with Crippen molar-refractivity contribution in [1.29, 1.82) is 0 Å². The Morgan fingerprint density at radius 3 is 1.61 bits per heavy atom. The second-order valence-electron chi connectivity index (χ2n) is 19.6. The molecule has 0 bridgehead atoms. The first-order valence-electron chi connectivity index (χ1n) is 25.5. The summed E-state index contributed by atoms with van der Waals surface area (Å²) in [6, 6.07) is 102. The number of benzene rings is 12. The van der Waals surface area contributed by atoms with Gasteiger partial charge in [-0.2, -0.15) is 0 Å². The summed E-state index contributed by atoms with van der Waals surface area (Å²) in [5, 5.41) is 7.00. The molecule has 0 amide bonds. The van der Waals surface area contributed by atoms with Gasteiger partial charge in [-0.05, 0) is 157 Å². The van der Waals surface area contributed by atoms with Gasteiger partial charge in [-0.3, -0.25) is 0 Å². The molecule has 1 aliphatic rings. The normalized spacial score (nSPS) is 12.7. The maximum absolute atomic E-state index is 6.29. The first-order valence-corrected chi connectivity index (χ1v) is 25.5. The van der Waals surface area contributed by atoms with Gasteiger partial charge >= 0.3 is 0 Å². The summed E-state index contributed by atoms with van der Waals surface area (Å²) in [5.74, 6) is 0. The second-order valence-corrected chi connectivity index (χ2v) is 19.6. The van der Waals surface area contributed by atoms with E-state index in [1.54, 1.807) is 0 Å². The molecule has 0 spiro atoms. The zero-order valence-corrected chi connectivity index (χ0v) is 40.4. The van der Waals surface area contributed by atoms with E-state index in [1.807, 2.05) is 12.1 Å². The minimum Gasteiger partial charge on any atom is -0.456 e. The van der Waals surface area contributed by atoms with E-state index < -0.39 is 5.41 Å². The van der Waals surface area contributed by atoms with Crippen LogP contribution >= 0.6 is 0 Å². The van der Waals surface area contributed by atoms with E-state index in [9.17, 15) is 0 Å². The molecule has 0 aliphatic heterocycles. The zero-order chi connectivity index (χ0) is 48.7. The maximum atomic E-state index is 6.29. The molecule has 2 heterocycles.